The number of rotatable bonds is 3. The van der Waals surface area contributed by atoms with Crippen molar-refractivity contribution < 1.29 is 14.7 Å². The van der Waals surface area contributed by atoms with Crippen molar-refractivity contribution in [1.82, 2.24) is 4.90 Å². The maximum Gasteiger partial charge on any atom is 0.326 e. The summed E-state index contributed by atoms with van der Waals surface area (Å²) in [6.45, 7) is 2.75. The summed E-state index contributed by atoms with van der Waals surface area (Å²) in [5, 5.41) is 9.44. The van der Waals surface area contributed by atoms with Gasteiger partial charge in [-0.05, 0) is 43.4 Å². The molecular formula is C16H25NO3. The molecule has 3 aliphatic rings. The van der Waals surface area contributed by atoms with Crippen LogP contribution in [0.15, 0.2) is 0 Å². The predicted molar refractivity (Wildman–Crippen MR) is 75.1 cm³/mol. The van der Waals surface area contributed by atoms with Gasteiger partial charge in [0.05, 0.1) is 0 Å². The molecule has 1 heterocycles. The molecule has 0 bridgehead atoms. The molecule has 4 unspecified atom stereocenters. The van der Waals surface area contributed by atoms with Gasteiger partial charge in [-0.15, -0.1) is 0 Å². The number of carbonyl (C=O) groups is 2. The van der Waals surface area contributed by atoms with Gasteiger partial charge in [0.25, 0.3) is 0 Å². The Morgan fingerprint density at radius 2 is 1.80 bits per heavy atom. The van der Waals surface area contributed by atoms with Crippen LogP contribution in [-0.2, 0) is 9.59 Å². The van der Waals surface area contributed by atoms with E-state index in [-0.39, 0.29) is 11.8 Å². The molecule has 1 aliphatic heterocycles. The summed E-state index contributed by atoms with van der Waals surface area (Å²) in [5.41, 5.74) is 0. The van der Waals surface area contributed by atoms with E-state index >= 15 is 0 Å². The third-order valence-corrected chi connectivity index (χ3v) is 5.80. The molecule has 4 nitrogen and oxygen atoms in total. The van der Waals surface area contributed by atoms with Crippen molar-refractivity contribution in [1.29, 1.82) is 0 Å². The van der Waals surface area contributed by atoms with E-state index in [0.29, 0.717) is 30.7 Å². The first-order valence-corrected chi connectivity index (χ1v) is 8.16. The van der Waals surface area contributed by atoms with E-state index in [1.165, 1.54) is 25.7 Å². The van der Waals surface area contributed by atoms with E-state index in [1.807, 2.05) is 0 Å². The van der Waals surface area contributed by atoms with Crippen molar-refractivity contribution in [2.75, 3.05) is 6.54 Å². The normalized spacial score (nSPS) is 40.0. The molecule has 2 aliphatic carbocycles. The number of nitrogens with zero attached hydrogens (tertiary/aromatic N) is 1. The topological polar surface area (TPSA) is 57.6 Å². The monoisotopic (exact) mass is 279 g/mol. The van der Waals surface area contributed by atoms with Gasteiger partial charge >= 0.3 is 5.97 Å². The van der Waals surface area contributed by atoms with E-state index in [2.05, 4.69) is 6.92 Å². The molecule has 2 saturated carbocycles. The van der Waals surface area contributed by atoms with Crippen LogP contribution in [0.4, 0.5) is 0 Å². The van der Waals surface area contributed by atoms with Gasteiger partial charge in [0, 0.05) is 12.5 Å². The molecule has 1 saturated heterocycles. The number of carbonyl (C=O) groups excluding carboxylic acids is 1. The molecule has 3 rings (SSSR count). The lowest BCUT2D eigenvalue weighted by molar-refractivity contribution is -0.154. The Hall–Kier alpha value is -1.06. The summed E-state index contributed by atoms with van der Waals surface area (Å²) >= 11 is 0. The molecule has 0 aromatic heterocycles. The summed E-state index contributed by atoms with van der Waals surface area (Å²) in [6.07, 6.45) is 7.44. The lowest BCUT2D eigenvalue weighted by Crippen LogP contribution is -2.50. The molecule has 1 amide bonds. The number of piperidine rings is 1. The van der Waals surface area contributed by atoms with Gasteiger partial charge in [-0.2, -0.15) is 0 Å². The van der Waals surface area contributed by atoms with E-state index < -0.39 is 12.0 Å². The highest BCUT2D eigenvalue weighted by molar-refractivity contribution is 5.87. The summed E-state index contributed by atoms with van der Waals surface area (Å²) in [4.78, 5) is 25.9. The Labute approximate surface area is 120 Å². The second-order valence-corrected chi connectivity index (χ2v) is 6.82. The maximum absolute atomic E-state index is 12.7. The second-order valence-electron chi connectivity index (χ2n) is 6.82. The summed E-state index contributed by atoms with van der Waals surface area (Å²) < 4.78 is 0. The minimum Gasteiger partial charge on any atom is -0.480 e. The molecule has 4 atom stereocenters. The molecule has 4 heteroatoms. The van der Waals surface area contributed by atoms with Crippen LogP contribution in [0, 0.1) is 23.7 Å². The number of fused-ring (bicyclic) bond motifs is 1. The first kappa shape index (κ1) is 13.9. The average Bonchev–Trinajstić information content (AvgIpc) is 3.20. The first-order valence-electron chi connectivity index (χ1n) is 8.16. The number of amides is 1. The van der Waals surface area contributed by atoms with Crippen LogP contribution in [-0.4, -0.2) is 34.5 Å². The van der Waals surface area contributed by atoms with Crippen LogP contribution in [0.1, 0.15) is 51.9 Å². The van der Waals surface area contributed by atoms with Gasteiger partial charge in [0.15, 0.2) is 0 Å². The molecule has 112 valence electrons. The first-order chi connectivity index (χ1) is 9.63. The van der Waals surface area contributed by atoms with Gasteiger partial charge in [-0.1, -0.05) is 26.2 Å². The van der Waals surface area contributed by atoms with E-state index in [1.54, 1.807) is 4.90 Å². The van der Waals surface area contributed by atoms with Crippen molar-refractivity contribution in [2.24, 2.45) is 23.7 Å². The summed E-state index contributed by atoms with van der Waals surface area (Å²) in [5.74, 6) is 1.06. The van der Waals surface area contributed by atoms with Gasteiger partial charge in [0.1, 0.15) is 6.04 Å². The highest BCUT2D eigenvalue weighted by Gasteiger charge is 2.57. The molecule has 0 spiro atoms. The Morgan fingerprint density at radius 3 is 2.35 bits per heavy atom. The number of hydrogen-bond acceptors (Lipinski definition) is 2. The Kier molecular flexibility index (Phi) is 3.74. The Morgan fingerprint density at radius 1 is 1.15 bits per heavy atom. The largest absolute Gasteiger partial charge is 0.480 e. The number of carboxylic acid groups (broad SMARTS) is 1. The number of hydrogen-bond donors (Lipinski definition) is 1. The fraction of sp³-hybridized carbons (Fsp3) is 0.875. The summed E-state index contributed by atoms with van der Waals surface area (Å²) in [6, 6.07) is -0.580. The quantitative estimate of drug-likeness (QED) is 0.863. The molecule has 0 aromatic carbocycles. The van der Waals surface area contributed by atoms with Crippen LogP contribution in [0.5, 0.6) is 0 Å². The smallest absolute Gasteiger partial charge is 0.326 e. The fourth-order valence-electron chi connectivity index (χ4n) is 4.46. The number of carboxylic acids is 1. The summed E-state index contributed by atoms with van der Waals surface area (Å²) in [7, 11) is 0. The average molecular weight is 279 g/mol. The van der Waals surface area contributed by atoms with E-state index in [4.69, 9.17) is 0 Å². The Balaban J connectivity index is 1.68. The third-order valence-electron chi connectivity index (χ3n) is 5.80. The predicted octanol–water partition coefficient (Wildman–Crippen LogP) is 2.52. The van der Waals surface area contributed by atoms with Crippen molar-refractivity contribution >= 4 is 11.9 Å². The van der Waals surface area contributed by atoms with Crippen molar-refractivity contribution in [2.45, 2.75) is 57.9 Å². The third kappa shape index (κ3) is 2.33. The standard InChI is InChI=1S/C16H25NO3/c1-2-10-7-8-17(13(9-10)16(19)20)15(18)14-11-5-3-4-6-12(11)14/h10-14H,2-9H2,1H3,(H,19,20). The molecule has 20 heavy (non-hydrogen) atoms. The van der Waals surface area contributed by atoms with Crippen molar-refractivity contribution in [3.63, 3.8) is 0 Å². The second kappa shape index (κ2) is 5.38. The molecule has 0 aromatic rings. The van der Waals surface area contributed by atoms with Crippen LogP contribution in [0.2, 0.25) is 0 Å². The maximum atomic E-state index is 12.7. The zero-order valence-corrected chi connectivity index (χ0v) is 12.3. The van der Waals surface area contributed by atoms with Crippen LogP contribution < -0.4 is 0 Å². The van der Waals surface area contributed by atoms with Crippen molar-refractivity contribution in [3.05, 3.63) is 0 Å². The van der Waals surface area contributed by atoms with Gasteiger partial charge in [0.2, 0.25) is 5.91 Å². The highest BCUT2D eigenvalue weighted by atomic mass is 16.4. The molecular weight excluding hydrogens is 254 g/mol. The lowest BCUT2D eigenvalue weighted by Gasteiger charge is -2.37. The van der Waals surface area contributed by atoms with E-state index in [0.717, 1.165) is 12.8 Å². The molecule has 0 radical (unpaired) electrons. The molecule has 3 fully saturated rings. The van der Waals surface area contributed by atoms with Crippen LogP contribution in [0.25, 0.3) is 0 Å². The fourth-order valence-corrected chi connectivity index (χ4v) is 4.46. The van der Waals surface area contributed by atoms with Crippen molar-refractivity contribution in [3.8, 4) is 0 Å². The highest BCUT2D eigenvalue weighted by Crippen LogP contribution is 2.56. The Bertz CT molecular complexity index is 397. The zero-order valence-electron chi connectivity index (χ0n) is 12.3. The zero-order chi connectivity index (χ0) is 14.3. The molecule has 1 N–H and O–H groups in total. The van der Waals surface area contributed by atoms with E-state index in [9.17, 15) is 14.7 Å². The van der Waals surface area contributed by atoms with Crippen LogP contribution >= 0.6 is 0 Å². The number of likely N-dealkylation sites (tertiary alicyclic amines) is 1. The lowest BCUT2D eigenvalue weighted by atomic mass is 9.88. The van der Waals surface area contributed by atoms with Gasteiger partial charge in [-0.25, -0.2) is 4.79 Å². The SMILES string of the molecule is CCC1CCN(C(=O)C2C3CCCCC32)C(C(=O)O)C1. The minimum absolute atomic E-state index is 0.142. The minimum atomic E-state index is -0.819. The van der Waals surface area contributed by atoms with Gasteiger partial charge < -0.3 is 10.0 Å². The van der Waals surface area contributed by atoms with Crippen LogP contribution in [0.3, 0.4) is 0 Å². The number of aliphatic carboxylic acids is 1. The van der Waals surface area contributed by atoms with Gasteiger partial charge in [-0.3, -0.25) is 4.79 Å².